The minimum absolute atomic E-state index is 0.0921. The summed E-state index contributed by atoms with van der Waals surface area (Å²) in [6.45, 7) is 1.74. The summed E-state index contributed by atoms with van der Waals surface area (Å²) < 4.78 is 38.1. The highest BCUT2D eigenvalue weighted by atomic mass is 79.9. The lowest BCUT2D eigenvalue weighted by atomic mass is 10.2. The van der Waals surface area contributed by atoms with Gasteiger partial charge in [-0.2, -0.15) is 4.31 Å². The molecule has 1 amide bonds. The number of nitrogens with one attached hydrogen (secondary N) is 1. The van der Waals surface area contributed by atoms with Gasteiger partial charge in [-0.1, -0.05) is 28.1 Å². The third-order valence-corrected chi connectivity index (χ3v) is 6.65. The van der Waals surface area contributed by atoms with Crippen LogP contribution in [-0.2, 0) is 26.1 Å². The number of nitrogens with zero attached hydrogens (tertiary/aromatic N) is 1. The van der Waals surface area contributed by atoms with Crippen molar-refractivity contribution in [1.29, 1.82) is 0 Å². The second kappa shape index (κ2) is 9.51. The van der Waals surface area contributed by atoms with Crippen molar-refractivity contribution in [3.8, 4) is 5.75 Å². The number of benzene rings is 2. The van der Waals surface area contributed by atoms with E-state index in [1.165, 1.54) is 4.31 Å². The average Bonchev–Trinajstić information content (AvgIpc) is 2.73. The van der Waals surface area contributed by atoms with Gasteiger partial charge >= 0.3 is 0 Å². The Hall–Kier alpha value is -1.94. The number of morpholine rings is 1. The van der Waals surface area contributed by atoms with Gasteiger partial charge in [0.1, 0.15) is 5.75 Å². The van der Waals surface area contributed by atoms with Gasteiger partial charge in [-0.3, -0.25) is 4.79 Å². The van der Waals surface area contributed by atoms with Gasteiger partial charge in [0.15, 0.2) is 6.61 Å². The lowest BCUT2D eigenvalue weighted by Gasteiger charge is -2.26. The quantitative estimate of drug-likeness (QED) is 0.672. The maximum Gasteiger partial charge on any atom is 0.258 e. The standard InChI is InChI=1S/C19H21BrN2O5S/c20-16-3-5-17(6-4-16)27-14-19(23)21-13-15-1-7-18(8-2-15)28(24,25)22-9-11-26-12-10-22/h1-8H,9-14H2,(H,21,23). The minimum atomic E-state index is -3.51. The van der Waals surface area contributed by atoms with Crippen LogP contribution in [0.5, 0.6) is 5.75 Å². The molecular formula is C19H21BrN2O5S. The van der Waals surface area contributed by atoms with Crippen molar-refractivity contribution in [3.05, 3.63) is 58.6 Å². The van der Waals surface area contributed by atoms with Crippen LogP contribution in [0.4, 0.5) is 0 Å². The summed E-state index contributed by atoms with van der Waals surface area (Å²) in [5, 5.41) is 2.75. The largest absolute Gasteiger partial charge is 0.484 e. The molecule has 28 heavy (non-hydrogen) atoms. The van der Waals surface area contributed by atoms with E-state index in [9.17, 15) is 13.2 Å². The Morgan fingerprint density at radius 1 is 1.07 bits per heavy atom. The van der Waals surface area contributed by atoms with Crippen molar-refractivity contribution in [2.75, 3.05) is 32.9 Å². The van der Waals surface area contributed by atoms with Crippen molar-refractivity contribution >= 4 is 31.9 Å². The van der Waals surface area contributed by atoms with Crippen LogP contribution in [0.15, 0.2) is 57.9 Å². The average molecular weight is 469 g/mol. The molecule has 2 aromatic rings. The first kappa shape index (κ1) is 20.8. The maximum absolute atomic E-state index is 12.6. The molecule has 0 saturated carbocycles. The van der Waals surface area contributed by atoms with E-state index < -0.39 is 10.0 Å². The van der Waals surface area contributed by atoms with E-state index in [0.717, 1.165) is 10.0 Å². The molecule has 0 aromatic heterocycles. The van der Waals surface area contributed by atoms with Crippen LogP contribution >= 0.6 is 15.9 Å². The molecule has 1 saturated heterocycles. The van der Waals surface area contributed by atoms with Gasteiger partial charge in [0.05, 0.1) is 18.1 Å². The molecule has 0 unspecified atom stereocenters. The van der Waals surface area contributed by atoms with Crippen LogP contribution in [-0.4, -0.2) is 51.5 Å². The zero-order valence-electron chi connectivity index (χ0n) is 15.1. The summed E-state index contributed by atoms with van der Waals surface area (Å²) in [5.41, 5.74) is 0.804. The summed E-state index contributed by atoms with van der Waals surface area (Å²) in [5.74, 6) is 0.351. The number of sulfonamides is 1. The zero-order valence-corrected chi connectivity index (χ0v) is 17.5. The number of ether oxygens (including phenoxy) is 2. The Labute approximate surface area is 172 Å². The molecule has 7 nitrogen and oxygen atoms in total. The monoisotopic (exact) mass is 468 g/mol. The van der Waals surface area contributed by atoms with Crippen molar-refractivity contribution in [2.24, 2.45) is 0 Å². The number of carbonyl (C=O) groups excluding carboxylic acids is 1. The van der Waals surface area contributed by atoms with Gasteiger partial charge in [-0.25, -0.2) is 8.42 Å². The van der Waals surface area contributed by atoms with Crippen molar-refractivity contribution in [3.63, 3.8) is 0 Å². The molecule has 0 bridgehead atoms. The van der Waals surface area contributed by atoms with Gasteiger partial charge in [0.2, 0.25) is 10.0 Å². The number of hydrogen-bond donors (Lipinski definition) is 1. The predicted molar refractivity (Wildman–Crippen MR) is 108 cm³/mol. The summed E-state index contributed by atoms with van der Waals surface area (Å²) in [4.78, 5) is 12.2. The fraction of sp³-hybridized carbons (Fsp3) is 0.316. The van der Waals surface area contributed by atoms with Crippen molar-refractivity contribution in [2.45, 2.75) is 11.4 Å². The van der Waals surface area contributed by atoms with E-state index in [1.807, 2.05) is 12.1 Å². The second-order valence-electron chi connectivity index (χ2n) is 6.18. The van der Waals surface area contributed by atoms with Gasteiger partial charge in [-0.15, -0.1) is 0 Å². The summed E-state index contributed by atoms with van der Waals surface area (Å²) >= 11 is 3.34. The number of rotatable bonds is 7. The zero-order chi connectivity index (χ0) is 20.0. The second-order valence-corrected chi connectivity index (χ2v) is 9.03. The molecule has 9 heteroatoms. The number of halogens is 1. The lowest BCUT2D eigenvalue weighted by Crippen LogP contribution is -2.40. The summed E-state index contributed by atoms with van der Waals surface area (Å²) in [6.07, 6.45) is 0. The highest BCUT2D eigenvalue weighted by Crippen LogP contribution is 2.18. The molecular weight excluding hydrogens is 448 g/mol. The number of hydrogen-bond acceptors (Lipinski definition) is 5. The number of amides is 1. The first-order chi connectivity index (χ1) is 13.4. The van der Waals surface area contributed by atoms with Crippen LogP contribution in [0.25, 0.3) is 0 Å². The molecule has 150 valence electrons. The number of carbonyl (C=O) groups is 1. The van der Waals surface area contributed by atoms with E-state index in [2.05, 4.69) is 21.2 Å². The van der Waals surface area contributed by atoms with Crippen LogP contribution in [0.1, 0.15) is 5.56 Å². The fourth-order valence-corrected chi connectivity index (χ4v) is 4.32. The van der Waals surface area contributed by atoms with Gasteiger partial charge < -0.3 is 14.8 Å². The highest BCUT2D eigenvalue weighted by Gasteiger charge is 2.26. The topological polar surface area (TPSA) is 84.9 Å². The molecule has 2 aromatic carbocycles. The van der Waals surface area contributed by atoms with E-state index >= 15 is 0 Å². The third kappa shape index (κ3) is 5.54. The van der Waals surface area contributed by atoms with E-state index in [1.54, 1.807) is 36.4 Å². The highest BCUT2D eigenvalue weighted by molar-refractivity contribution is 9.10. The molecule has 1 heterocycles. The van der Waals surface area contributed by atoms with Gasteiger partial charge in [0.25, 0.3) is 5.91 Å². The molecule has 1 fully saturated rings. The summed E-state index contributed by atoms with van der Waals surface area (Å²) in [6, 6.07) is 13.7. The Bertz CT molecular complexity index is 895. The van der Waals surface area contributed by atoms with E-state index in [0.29, 0.717) is 38.6 Å². The maximum atomic E-state index is 12.6. The van der Waals surface area contributed by atoms with Crippen LogP contribution in [0.2, 0.25) is 0 Å². The molecule has 0 atom stereocenters. The predicted octanol–water partition coefficient (Wildman–Crippen LogP) is 2.17. The van der Waals surface area contributed by atoms with Crippen LogP contribution in [0, 0.1) is 0 Å². The third-order valence-electron chi connectivity index (χ3n) is 4.20. The SMILES string of the molecule is O=C(COc1ccc(Br)cc1)NCc1ccc(S(=O)(=O)N2CCOCC2)cc1. The Morgan fingerprint density at radius 2 is 1.71 bits per heavy atom. The first-order valence-electron chi connectivity index (χ1n) is 8.77. The Balaban J connectivity index is 1.49. The first-order valence-corrected chi connectivity index (χ1v) is 11.0. The Kier molecular flexibility index (Phi) is 7.06. The van der Waals surface area contributed by atoms with Crippen LogP contribution < -0.4 is 10.1 Å². The molecule has 1 aliphatic heterocycles. The molecule has 0 spiro atoms. The Morgan fingerprint density at radius 3 is 2.36 bits per heavy atom. The molecule has 3 rings (SSSR count). The molecule has 0 radical (unpaired) electrons. The molecule has 0 aliphatic carbocycles. The smallest absolute Gasteiger partial charge is 0.258 e. The van der Waals surface area contributed by atoms with Crippen molar-refractivity contribution in [1.82, 2.24) is 9.62 Å². The van der Waals surface area contributed by atoms with E-state index in [4.69, 9.17) is 9.47 Å². The summed E-state index contributed by atoms with van der Waals surface area (Å²) in [7, 11) is -3.51. The normalized spacial score (nSPS) is 15.2. The van der Waals surface area contributed by atoms with Crippen LogP contribution in [0.3, 0.4) is 0 Å². The molecule has 1 N–H and O–H groups in total. The lowest BCUT2D eigenvalue weighted by molar-refractivity contribution is -0.123. The minimum Gasteiger partial charge on any atom is -0.484 e. The fourth-order valence-electron chi connectivity index (χ4n) is 2.65. The molecule has 1 aliphatic rings. The van der Waals surface area contributed by atoms with Gasteiger partial charge in [0, 0.05) is 24.1 Å². The van der Waals surface area contributed by atoms with Crippen molar-refractivity contribution < 1.29 is 22.7 Å². The van der Waals surface area contributed by atoms with E-state index in [-0.39, 0.29) is 17.4 Å². The van der Waals surface area contributed by atoms with Gasteiger partial charge in [-0.05, 0) is 42.0 Å².